The fourth-order valence-electron chi connectivity index (χ4n) is 2.67. The van der Waals surface area contributed by atoms with Crippen LogP contribution in [0.3, 0.4) is 0 Å². The molecule has 0 fully saturated rings. The van der Waals surface area contributed by atoms with Crippen LogP contribution in [0.5, 0.6) is 17.2 Å². The molecular formula is C22H16N4O2. The highest BCUT2D eigenvalue weighted by Gasteiger charge is 2.11. The average Bonchev–Trinajstić information content (AvgIpc) is 3.22. The van der Waals surface area contributed by atoms with E-state index in [1.165, 1.54) is 0 Å². The lowest BCUT2D eigenvalue weighted by molar-refractivity contribution is 0.301. The van der Waals surface area contributed by atoms with Crippen molar-refractivity contribution in [3.63, 3.8) is 0 Å². The molecule has 0 saturated heterocycles. The van der Waals surface area contributed by atoms with Crippen molar-refractivity contribution in [2.45, 2.75) is 6.61 Å². The van der Waals surface area contributed by atoms with Crippen LogP contribution in [0, 0.1) is 11.3 Å². The third kappa shape index (κ3) is 4.00. The van der Waals surface area contributed by atoms with E-state index < -0.39 is 0 Å². The van der Waals surface area contributed by atoms with E-state index in [0.29, 0.717) is 23.7 Å². The first-order chi connectivity index (χ1) is 13.8. The first kappa shape index (κ1) is 17.3. The molecule has 2 aromatic heterocycles. The summed E-state index contributed by atoms with van der Waals surface area (Å²) in [6.07, 6.45) is 3.36. The molecular weight excluding hydrogens is 352 g/mol. The topological polar surface area (TPSA) is 83.8 Å². The maximum atomic E-state index is 8.90. The van der Waals surface area contributed by atoms with E-state index in [0.717, 1.165) is 22.7 Å². The predicted octanol–water partition coefficient (Wildman–Crippen LogP) is 4.71. The maximum absolute atomic E-state index is 8.90. The third-order valence-electron chi connectivity index (χ3n) is 4.05. The zero-order chi connectivity index (χ0) is 19.2. The van der Waals surface area contributed by atoms with Crippen LogP contribution in [0.15, 0.2) is 79.1 Å². The molecule has 0 aliphatic rings. The van der Waals surface area contributed by atoms with Gasteiger partial charge in [0.05, 0.1) is 23.5 Å². The molecule has 0 aliphatic carbocycles. The number of ether oxygens (including phenoxy) is 2. The Balaban J connectivity index is 1.51. The van der Waals surface area contributed by atoms with E-state index in [1.54, 1.807) is 36.7 Å². The fraction of sp³-hybridized carbons (Fsp3) is 0.0455. The van der Waals surface area contributed by atoms with Gasteiger partial charge in [-0.1, -0.05) is 18.2 Å². The van der Waals surface area contributed by atoms with Crippen molar-refractivity contribution in [2.24, 2.45) is 0 Å². The number of aromatic nitrogens is 3. The number of nitrogens with zero attached hydrogens (tertiary/aromatic N) is 3. The van der Waals surface area contributed by atoms with Crippen LogP contribution >= 0.6 is 0 Å². The zero-order valence-electron chi connectivity index (χ0n) is 14.9. The van der Waals surface area contributed by atoms with E-state index in [2.05, 4.69) is 21.3 Å². The van der Waals surface area contributed by atoms with Crippen molar-refractivity contribution in [1.82, 2.24) is 15.2 Å². The second kappa shape index (κ2) is 8.06. The lowest BCUT2D eigenvalue weighted by Crippen LogP contribution is -1.97. The normalized spacial score (nSPS) is 10.2. The smallest absolute Gasteiger partial charge is 0.172 e. The first-order valence-corrected chi connectivity index (χ1v) is 8.66. The molecule has 6 nitrogen and oxygen atoms in total. The Morgan fingerprint density at radius 3 is 2.64 bits per heavy atom. The Morgan fingerprint density at radius 1 is 0.964 bits per heavy atom. The fourth-order valence-corrected chi connectivity index (χ4v) is 2.67. The Morgan fingerprint density at radius 2 is 1.86 bits per heavy atom. The molecule has 0 aliphatic heterocycles. The van der Waals surface area contributed by atoms with Crippen LogP contribution in [0.25, 0.3) is 11.3 Å². The maximum Gasteiger partial charge on any atom is 0.172 e. The van der Waals surface area contributed by atoms with E-state index in [4.69, 9.17) is 14.7 Å². The van der Waals surface area contributed by atoms with Gasteiger partial charge in [0.15, 0.2) is 5.75 Å². The van der Waals surface area contributed by atoms with Crippen LogP contribution in [0.4, 0.5) is 0 Å². The van der Waals surface area contributed by atoms with E-state index >= 15 is 0 Å². The van der Waals surface area contributed by atoms with Crippen LogP contribution in [0.1, 0.15) is 11.3 Å². The first-order valence-electron chi connectivity index (χ1n) is 8.66. The Hall–Kier alpha value is -4.11. The van der Waals surface area contributed by atoms with Crippen LogP contribution in [-0.2, 0) is 6.61 Å². The lowest BCUT2D eigenvalue weighted by atomic mass is 10.1. The molecule has 2 heterocycles. The van der Waals surface area contributed by atoms with Gasteiger partial charge in [0.1, 0.15) is 23.8 Å². The third-order valence-corrected chi connectivity index (χ3v) is 4.05. The highest BCUT2D eigenvalue weighted by molar-refractivity contribution is 5.67. The molecule has 0 atom stereocenters. The highest BCUT2D eigenvalue weighted by Crippen LogP contribution is 2.33. The summed E-state index contributed by atoms with van der Waals surface area (Å²) in [5.74, 6) is 1.94. The molecule has 4 rings (SSSR count). The molecule has 0 spiro atoms. The minimum Gasteiger partial charge on any atom is -0.487 e. The van der Waals surface area contributed by atoms with Gasteiger partial charge in [0.25, 0.3) is 0 Å². The number of pyridine rings is 1. The minimum absolute atomic E-state index is 0.391. The number of rotatable bonds is 6. The van der Waals surface area contributed by atoms with Gasteiger partial charge < -0.3 is 9.47 Å². The van der Waals surface area contributed by atoms with Gasteiger partial charge in [-0.15, -0.1) is 0 Å². The Labute approximate surface area is 162 Å². The monoisotopic (exact) mass is 368 g/mol. The summed E-state index contributed by atoms with van der Waals surface area (Å²) < 4.78 is 11.8. The molecule has 0 amide bonds. The quantitative estimate of drug-likeness (QED) is 0.533. The standard InChI is InChI=1S/C22H16N4O2/c23-13-16-7-9-19(10-8-16)28-21-14-25-26-22(21)17-4-3-6-20(12-17)27-15-18-5-1-2-11-24-18/h1-12,14H,15H2,(H,25,26). The molecule has 1 N–H and O–H groups in total. The Bertz CT molecular complexity index is 1100. The molecule has 0 bridgehead atoms. The zero-order valence-corrected chi connectivity index (χ0v) is 14.9. The van der Waals surface area contributed by atoms with Gasteiger partial charge in [0, 0.05) is 11.8 Å². The Kier molecular flexibility index (Phi) is 4.98. The van der Waals surface area contributed by atoms with Crippen molar-refractivity contribution < 1.29 is 9.47 Å². The summed E-state index contributed by atoms with van der Waals surface area (Å²) >= 11 is 0. The summed E-state index contributed by atoms with van der Waals surface area (Å²) in [6, 6.07) is 22.4. The van der Waals surface area contributed by atoms with E-state index in [9.17, 15) is 0 Å². The van der Waals surface area contributed by atoms with E-state index in [1.807, 2.05) is 42.5 Å². The van der Waals surface area contributed by atoms with Crippen LogP contribution < -0.4 is 9.47 Å². The van der Waals surface area contributed by atoms with Gasteiger partial charge >= 0.3 is 0 Å². The molecule has 4 aromatic rings. The molecule has 0 unspecified atom stereocenters. The highest BCUT2D eigenvalue weighted by atomic mass is 16.5. The second-order valence-electron chi connectivity index (χ2n) is 5.99. The number of nitriles is 1. The van der Waals surface area contributed by atoms with Crippen molar-refractivity contribution in [1.29, 1.82) is 5.26 Å². The number of nitrogens with one attached hydrogen (secondary N) is 1. The summed E-state index contributed by atoms with van der Waals surface area (Å²) in [7, 11) is 0. The van der Waals surface area contributed by atoms with Crippen LogP contribution in [0.2, 0.25) is 0 Å². The molecule has 28 heavy (non-hydrogen) atoms. The van der Waals surface area contributed by atoms with E-state index in [-0.39, 0.29) is 0 Å². The minimum atomic E-state index is 0.391. The molecule has 136 valence electrons. The predicted molar refractivity (Wildman–Crippen MR) is 104 cm³/mol. The number of H-pyrrole nitrogens is 1. The van der Waals surface area contributed by atoms with Gasteiger partial charge in [-0.3, -0.25) is 10.1 Å². The SMILES string of the molecule is N#Cc1ccc(Oc2cn[nH]c2-c2cccc(OCc3ccccn3)c2)cc1. The van der Waals surface area contributed by atoms with Crippen molar-refractivity contribution in [3.8, 4) is 34.6 Å². The van der Waals surface area contributed by atoms with Gasteiger partial charge in [0.2, 0.25) is 0 Å². The largest absolute Gasteiger partial charge is 0.487 e. The average molecular weight is 368 g/mol. The number of benzene rings is 2. The number of aromatic amines is 1. The summed E-state index contributed by atoms with van der Waals surface area (Å²) in [6.45, 7) is 0.391. The van der Waals surface area contributed by atoms with Gasteiger partial charge in [-0.25, -0.2) is 0 Å². The van der Waals surface area contributed by atoms with Crippen molar-refractivity contribution in [3.05, 3.63) is 90.4 Å². The van der Waals surface area contributed by atoms with Crippen molar-refractivity contribution >= 4 is 0 Å². The molecule has 6 heteroatoms. The molecule has 2 aromatic carbocycles. The summed E-state index contributed by atoms with van der Waals surface area (Å²) in [5, 5.41) is 16.0. The lowest BCUT2D eigenvalue weighted by Gasteiger charge is -2.09. The van der Waals surface area contributed by atoms with Gasteiger partial charge in [-0.2, -0.15) is 10.4 Å². The number of hydrogen-bond donors (Lipinski definition) is 1. The summed E-state index contributed by atoms with van der Waals surface area (Å²) in [5.41, 5.74) is 3.07. The second-order valence-corrected chi connectivity index (χ2v) is 5.99. The molecule has 0 radical (unpaired) electrons. The number of hydrogen-bond acceptors (Lipinski definition) is 5. The van der Waals surface area contributed by atoms with Gasteiger partial charge in [-0.05, 0) is 48.5 Å². The van der Waals surface area contributed by atoms with Crippen LogP contribution in [-0.4, -0.2) is 15.2 Å². The van der Waals surface area contributed by atoms with Crippen molar-refractivity contribution in [2.75, 3.05) is 0 Å². The molecule has 0 saturated carbocycles. The summed E-state index contributed by atoms with van der Waals surface area (Å²) in [4.78, 5) is 4.26.